The van der Waals surface area contributed by atoms with Gasteiger partial charge in [-0.25, -0.2) is 4.98 Å². The van der Waals surface area contributed by atoms with Crippen LogP contribution in [0.3, 0.4) is 0 Å². The number of guanidine groups is 1. The van der Waals surface area contributed by atoms with E-state index in [-0.39, 0.29) is 11.9 Å². The predicted molar refractivity (Wildman–Crippen MR) is 82.1 cm³/mol. The van der Waals surface area contributed by atoms with Crippen LogP contribution in [-0.2, 0) is 6.42 Å². The average Bonchev–Trinajstić information content (AvgIpc) is 3.27. The first-order chi connectivity index (χ1) is 10.8. The van der Waals surface area contributed by atoms with E-state index in [9.17, 15) is 4.79 Å². The van der Waals surface area contributed by atoms with E-state index in [1.807, 2.05) is 12.1 Å². The zero-order valence-electron chi connectivity index (χ0n) is 11.4. The number of aliphatic imine (C=N–C) groups is 1. The van der Waals surface area contributed by atoms with Crippen LogP contribution in [0.1, 0.15) is 16.1 Å². The van der Waals surface area contributed by atoms with Crippen molar-refractivity contribution in [3.05, 3.63) is 34.8 Å². The summed E-state index contributed by atoms with van der Waals surface area (Å²) < 4.78 is 5.50. The van der Waals surface area contributed by atoms with Gasteiger partial charge in [-0.1, -0.05) is 0 Å². The Hall–Kier alpha value is -2.58. The van der Waals surface area contributed by atoms with Crippen molar-refractivity contribution < 1.29 is 15.0 Å². The first-order valence-corrected chi connectivity index (χ1v) is 7.64. The molecule has 0 bridgehead atoms. The van der Waals surface area contributed by atoms with Gasteiger partial charge in [0.25, 0.3) is 11.9 Å². The number of carbonyl (C=O) groups excluding carboxylic acids is 1. The van der Waals surface area contributed by atoms with E-state index in [1.54, 1.807) is 5.38 Å². The number of ether oxygens (including phenoxy) is 1. The second-order valence-corrected chi connectivity index (χ2v) is 5.65. The van der Waals surface area contributed by atoms with Crippen LogP contribution in [0.4, 0.5) is 0 Å². The summed E-state index contributed by atoms with van der Waals surface area (Å²) in [6, 6.07) is 5.99. The molecule has 1 aromatic carbocycles. The molecule has 3 heterocycles. The van der Waals surface area contributed by atoms with Crippen molar-refractivity contribution >= 4 is 29.5 Å². The molecule has 110 valence electrons. The first-order valence-electron chi connectivity index (χ1n) is 6.76. The zero-order valence-corrected chi connectivity index (χ0v) is 12.3. The molecule has 0 aliphatic carbocycles. The van der Waals surface area contributed by atoms with E-state index < -0.39 is 0 Å². The van der Waals surface area contributed by atoms with Gasteiger partial charge in [-0.05, 0) is 28.9 Å². The minimum Gasteiger partial charge on any atom is -0.493 e. The molecule has 0 saturated carbocycles. The second kappa shape index (κ2) is 5.32. The quantitative estimate of drug-likeness (QED) is 0.784. The van der Waals surface area contributed by atoms with Crippen LogP contribution in [0.25, 0.3) is 10.6 Å². The lowest BCUT2D eigenvalue weighted by Crippen LogP contribution is -2.74. The monoisotopic (exact) mass is 314 g/mol. The number of quaternary nitrogens is 1. The van der Waals surface area contributed by atoms with Crippen LogP contribution in [-0.4, -0.2) is 29.8 Å². The van der Waals surface area contributed by atoms with Crippen molar-refractivity contribution in [1.29, 1.82) is 0 Å². The van der Waals surface area contributed by atoms with Crippen molar-refractivity contribution in [3.8, 4) is 16.3 Å². The smallest absolute Gasteiger partial charge is 0.288 e. The van der Waals surface area contributed by atoms with Crippen LogP contribution < -0.4 is 15.5 Å². The molecule has 0 atom stereocenters. The number of thiazole rings is 1. The Morgan fingerprint density at radius 3 is 3.23 bits per heavy atom. The lowest BCUT2D eigenvalue weighted by molar-refractivity contribution is -0.532. The van der Waals surface area contributed by atoms with E-state index in [1.165, 1.54) is 28.7 Å². The number of carbonyl (C=O) groups is 1. The third-order valence-corrected chi connectivity index (χ3v) is 4.25. The molecule has 7 nitrogen and oxygen atoms in total. The van der Waals surface area contributed by atoms with Crippen LogP contribution in [0.5, 0.6) is 5.75 Å². The molecular formula is C14H12N5O2S+. The fourth-order valence-electron chi connectivity index (χ4n) is 2.30. The van der Waals surface area contributed by atoms with Gasteiger partial charge >= 0.3 is 0 Å². The highest BCUT2D eigenvalue weighted by Gasteiger charge is 2.17. The second-order valence-electron chi connectivity index (χ2n) is 4.79. The van der Waals surface area contributed by atoms with Crippen LogP contribution in [0.2, 0.25) is 0 Å². The predicted octanol–water partition coefficient (Wildman–Crippen LogP) is 0.351. The Morgan fingerprint density at radius 1 is 1.41 bits per heavy atom. The summed E-state index contributed by atoms with van der Waals surface area (Å²) in [4.78, 5) is 20.4. The van der Waals surface area contributed by atoms with E-state index in [0.29, 0.717) is 5.69 Å². The number of hydrogen-bond acceptors (Lipinski definition) is 6. The van der Waals surface area contributed by atoms with Gasteiger partial charge < -0.3 is 4.74 Å². The summed E-state index contributed by atoms with van der Waals surface area (Å²) in [5, 5.41) is 9.05. The van der Waals surface area contributed by atoms with Crippen LogP contribution in [0, 0.1) is 0 Å². The van der Waals surface area contributed by atoms with Crippen molar-refractivity contribution in [3.63, 3.8) is 0 Å². The minimum absolute atomic E-state index is 0.286. The number of fused-ring (bicyclic) bond motifs is 1. The van der Waals surface area contributed by atoms with Gasteiger partial charge in [-0.15, -0.1) is 11.3 Å². The summed E-state index contributed by atoms with van der Waals surface area (Å²) in [6.07, 6.45) is 2.44. The number of nitrogens with one attached hydrogen (secondary N) is 1. The fraction of sp³-hybridized carbons (Fsp3) is 0.143. The average molecular weight is 314 g/mol. The Balaban J connectivity index is 1.56. The molecule has 0 fully saturated rings. The number of nitrogens with two attached hydrogens (primary N) is 1. The summed E-state index contributed by atoms with van der Waals surface area (Å²) in [7, 11) is 0. The molecule has 0 radical (unpaired) electrons. The summed E-state index contributed by atoms with van der Waals surface area (Å²) in [5.74, 6) is 0.916. The Labute approximate surface area is 129 Å². The maximum Gasteiger partial charge on any atom is 0.288 e. The molecule has 22 heavy (non-hydrogen) atoms. The van der Waals surface area contributed by atoms with Gasteiger partial charge in [0.15, 0.2) is 0 Å². The van der Waals surface area contributed by atoms with E-state index in [4.69, 9.17) is 4.74 Å². The van der Waals surface area contributed by atoms with Gasteiger partial charge in [0.1, 0.15) is 16.5 Å². The number of benzene rings is 1. The van der Waals surface area contributed by atoms with Crippen molar-refractivity contribution in [2.45, 2.75) is 6.42 Å². The van der Waals surface area contributed by atoms with Gasteiger partial charge in [-0.3, -0.25) is 10.1 Å². The summed E-state index contributed by atoms with van der Waals surface area (Å²) >= 11 is 1.44. The summed E-state index contributed by atoms with van der Waals surface area (Å²) in [6.45, 7) is 0.726. The largest absolute Gasteiger partial charge is 0.493 e. The first kappa shape index (κ1) is 13.1. The van der Waals surface area contributed by atoms with Gasteiger partial charge in [0, 0.05) is 17.4 Å². The molecule has 0 unspecified atom stereocenters. The molecule has 2 aliphatic heterocycles. The third-order valence-electron chi connectivity index (χ3n) is 3.36. The maximum absolute atomic E-state index is 12.1. The molecular weight excluding hydrogens is 302 g/mol. The van der Waals surface area contributed by atoms with Crippen LogP contribution in [0.15, 0.2) is 33.7 Å². The topological polar surface area (TPSA) is 92.6 Å². The molecule has 8 heteroatoms. The lowest BCUT2D eigenvalue weighted by atomic mass is 10.1. The van der Waals surface area contributed by atoms with E-state index >= 15 is 0 Å². The minimum atomic E-state index is -0.307. The molecule has 1 aromatic heterocycles. The molecule has 3 N–H and O–H groups in total. The number of amides is 1. The highest BCUT2D eigenvalue weighted by molar-refractivity contribution is 7.13. The Kier molecular flexibility index (Phi) is 3.17. The standard InChI is InChI=1S/C14H11N5O2S/c20-12(18-14-15-7-16-19-14)10-6-22-13(17-10)9-1-2-11-8(5-9)3-4-21-11/h1-2,5-7H,3-4H2,(H2,15,16,18,19,20)/p+1. The molecule has 2 aromatic rings. The third kappa shape index (κ3) is 2.38. The Morgan fingerprint density at radius 2 is 2.36 bits per heavy atom. The highest BCUT2D eigenvalue weighted by Crippen LogP contribution is 2.31. The summed E-state index contributed by atoms with van der Waals surface area (Å²) in [5.41, 5.74) is 4.07. The van der Waals surface area contributed by atoms with Crippen molar-refractivity contribution in [2.24, 2.45) is 10.1 Å². The van der Waals surface area contributed by atoms with E-state index in [0.717, 1.165) is 29.3 Å². The molecule has 0 spiro atoms. The molecule has 1 amide bonds. The lowest BCUT2D eigenvalue weighted by Gasteiger charge is -2.01. The number of aromatic nitrogens is 1. The maximum atomic E-state index is 12.1. The normalized spacial score (nSPS) is 15.4. The molecule has 0 saturated heterocycles. The number of hydrogen-bond donors (Lipinski definition) is 2. The zero-order chi connectivity index (χ0) is 14.9. The SMILES string of the molecule is O=C(NC1=N[NH2+]C=N1)c1csc(-c2ccc3c(c2)CCO3)n1. The molecule has 4 rings (SSSR count). The van der Waals surface area contributed by atoms with Crippen molar-refractivity contribution in [2.75, 3.05) is 6.61 Å². The van der Waals surface area contributed by atoms with Crippen molar-refractivity contribution in [1.82, 2.24) is 10.3 Å². The highest BCUT2D eigenvalue weighted by atomic mass is 32.1. The van der Waals surface area contributed by atoms with E-state index in [2.05, 4.69) is 26.5 Å². The van der Waals surface area contributed by atoms with Crippen LogP contribution >= 0.6 is 11.3 Å². The van der Waals surface area contributed by atoms with Gasteiger partial charge in [0.2, 0.25) is 6.34 Å². The number of rotatable bonds is 2. The van der Waals surface area contributed by atoms with Gasteiger partial charge in [0.05, 0.1) is 6.61 Å². The fourth-order valence-corrected chi connectivity index (χ4v) is 3.10. The number of nitrogens with zero attached hydrogens (tertiary/aromatic N) is 3. The molecule has 2 aliphatic rings. The van der Waals surface area contributed by atoms with Gasteiger partial charge in [-0.2, -0.15) is 10.4 Å². The Bertz CT molecular complexity index is 811.